The lowest BCUT2D eigenvalue weighted by Crippen LogP contribution is -2.66. The summed E-state index contributed by atoms with van der Waals surface area (Å²) >= 11 is 0. The van der Waals surface area contributed by atoms with Crippen molar-refractivity contribution in [3.05, 3.63) is 0 Å². The Bertz CT molecular complexity index is 521. The van der Waals surface area contributed by atoms with Gasteiger partial charge in [0, 0.05) is 6.04 Å². The monoisotopic (exact) mass is 322 g/mol. The standard InChI is InChI=1S/C17H26N2O4/c1-3-6-13(17(22)23)18-10(2)15(20)19-12-8-5-4-7-11(12)9-14(19)16(18)21/h10-14H,3-9H2,1-2H3,(H,22,23). The summed E-state index contributed by atoms with van der Waals surface area (Å²) in [6.45, 7) is 3.57. The van der Waals surface area contributed by atoms with Gasteiger partial charge in [-0.15, -0.1) is 0 Å². The normalized spacial score (nSPS) is 35.0. The number of carboxylic acid groups (broad SMARTS) is 1. The smallest absolute Gasteiger partial charge is 0.326 e. The minimum atomic E-state index is -1.01. The third-order valence-corrected chi connectivity index (χ3v) is 5.84. The molecule has 0 aromatic carbocycles. The van der Waals surface area contributed by atoms with Gasteiger partial charge in [0.15, 0.2) is 0 Å². The zero-order valence-electron chi connectivity index (χ0n) is 13.9. The zero-order chi connectivity index (χ0) is 16.7. The fraction of sp³-hybridized carbons (Fsp3) is 0.824. The molecule has 0 aromatic heterocycles. The van der Waals surface area contributed by atoms with Crippen LogP contribution < -0.4 is 0 Å². The van der Waals surface area contributed by atoms with E-state index in [1.54, 1.807) is 11.8 Å². The van der Waals surface area contributed by atoms with Gasteiger partial charge in [0.05, 0.1) is 0 Å². The number of hydrogen-bond acceptors (Lipinski definition) is 3. The third kappa shape index (κ3) is 2.52. The van der Waals surface area contributed by atoms with Crippen LogP contribution in [0.15, 0.2) is 0 Å². The molecule has 0 aromatic rings. The Hall–Kier alpha value is -1.59. The van der Waals surface area contributed by atoms with Crippen molar-refractivity contribution >= 4 is 17.8 Å². The highest BCUT2D eigenvalue weighted by atomic mass is 16.4. The molecular formula is C17H26N2O4. The van der Waals surface area contributed by atoms with Crippen LogP contribution in [0, 0.1) is 5.92 Å². The van der Waals surface area contributed by atoms with Crippen LogP contribution in [0.5, 0.6) is 0 Å². The Kier molecular flexibility index (Phi) is 4.34. The highest BCUT2D eigenvalue weighted by Crippen LogP contribution is 2.43. The summed E-state index contributed by atoms with van der Waals surface area (Å²) in [7, 11) is 0. The quantitative estimate of drug-likeness (QED) is 0.853. The molecule has 1 saturated carbocycles. The van der Waals surface area contributed by atoms with Gasteiger partial charge in [0.1, 0.15) is 18.1 Å². The Balaban J connectivity index is 1.90. The molecule has 3 rings (SSSR count). The minimum absolute atomic E-state index is 0.0636. The van der Waals surface area contributed by atoms with E-state index in [0.29, 0.717) is 25.2 Å². The molecule has 0 radical (unpaired) electrons. The topological polar surface area (TPSA) is 77.9 Å². The summed E-state index contributed by atoms with van der Waals surface area (Å²) in [5.74, 6) is -0.828. The summed E-state index contributed by atoms with van der Waals surface area (Å²) in [4.78, 5) is 40.7. The van der Waals surface area contributed by atoms with E-state index in [0.717, 1.165) is 25.7 Å². The van der Waals surface area contributed by atoms with E-state index in [1.165, 1.54) is 4.90 Å². The van der Waals surface area contributed by atoms with Crippen molar-refractivity contribution in [2.75, 3.05) is 0 Å². The number of fused-ring (bicyclic) bond motifs is 3. The van der Waals surface area contributed by atoms with Crippen LogP contribution >= 0.6 is 0 Å². The molecule has 128 valence electrons. The van der Waals surface area contributed by atoms with Crippen molar-refractivity contribution in [1.29, 1.82) is 0 Å². The summed E-state index contributed by atoms with van der Waals surface area (Å²) in [5, 5.41) is 9.51. The molecular weight excluding hydrogens is 296 g/mol. The predicted molar refractivity (Wildman–Crippen MR) is 83.6 cm³/mol. The van der Waals surface area contributed by atoms with Crippen molar-refractivity contribution in [2.24, 2.45) is 5.92 Å². The van der Waals surface area contributed by atoms with E-state index in [1.807, 2.05) is 6.92 Å². The second-order valence-electron chi connectivity index (χ2n) is 7.17. The third-order valence-electron chi connectivity index (χ3n) is 5.84. The number of carboxylic acids is 1. The molecule has 2 heterocycles. The Morgan fingerprint density at radius 3 is 2.61 bits per heavy atom. The lowest BCUT2D eigenvalue weighted by Gasteiger charge is -2.45. The maximum Gasteiger partial charge on any atom is 0.326 e. The highest BCUT2D eigenvalue weighted by Gasteiger charge is 2.55. The van der Waals surface area contributed by atoms with E-state index in [4.69, 9.17) is 0 Å². The van der Waals surface area contributed by atoms with Crippen LogP contribution in [-0.4, -0.2) is 56.9 Å². The van der Waals surface area contributed by atoms with E-state index in [9.17, 15) is 19.5 Å². The maximum atomic E-state index is 13.0. The molecule has 5 unspecified atom stereocenters. The number of aliphatic carboxylic acids is 1. The van der Waals surface area contributed by atoms with Crippen LogP contribution in [0.3, 0.4) is 0 Å². The van der Waals surface area contributed by atoms with E-state index in [2.05, 4.69) is 0 Å². The Labute approximate surface area is 136 Å². The second kappa shape index (κ2) is 6.13. The number of piperazine rings is 1. The van der Waals surface area contributed by atoms with Crippen LogP contribution in [0.25, 0.3) is 0 Å². The number of rotatable bonds is 4. The van der Waals surface area contributed by atoms with Crippen LogP contribution in [0.1, 0.15) is 58.8 Å². The molecule has 23 heavy (non-hydrogen) atoms. The SMILES string of the molecule is CCCC(C(=O)O)N1C(=O)C2CC3CCCCC3N2C(=O)C1C. The van der Waals surface area contributed by atoms with Crippen LogP contribution in [-0.2, 0) is 14.4 Å². The summed E-state index contributed by atoms with van der Waals surface area (Å²) in [6, 6.07) is -1.82. The van der Waals surface area contributed by atoms with Gasteiger partial charge in [-0.05, 0) is 38.5 Å². The van der Waals surface area contributed by atoms with Gasteiger partial charge in [-0.3, -0.25) is 9.59 Å². The molecule has 6 nitrogen and oxygen atoms in total. The van der Waals surface area contributed by atoms with Gasteiger partial charge in [-0.2, -0.15) is 0 Å². The Morgan fingerprint density at radius 1 is 1.26 bits per heavy atom. The molecule has 0 spiro atoms. The first kappa shape index (κ1) is 16.3. The van der Waals surface area contributed by atoms with Crippen molar-refractivity contribution in [3.63, 3.8) is 0 Å². The summed E-state index contributed by atoms with van der Waals surface area (Å²) in [6.07, 6.45) is 6.08. The van der Waals surface area contributed by atoms with E-state index >= 15 is 0 Å². The van der Waals surface area contributed by atoms with Crippen molar-refractivity contribution in [2.45, 2.75) is 83.0 Å². The van der Waals surface area contributed by atoms with E-state index < -0.39 is 24.1 Å². The predicted octanol–water partition coefficient (Wildman–Crippen LogP) is 1.63. The van der Waals surface area contributed by atoms with Gasteiger partial charge < -0.3 is 14.9 Å². The molecule has 5 atom stereocenters. The first-order chi connectivity index (χ1) is 11.0. The summed E-state index contributed by atoms with van der Waals surface area (Å²) in [5.41, 5.74) is 0. The number of amides is 2. The summed E-state index contributed by atoms with van der Waals surface area (Å²) < 4.78 is 0. The van der Waals surface area contributed by atoms with Crippen LogP contribution in [0.2, 0.25) is 0 Å². The molecule has 2 saturated heterocycles. The molecule has 0 bridgehead atoms. The molecule has 6 heteroatoms. The molecule has 3 aliphatic rings. The first-order valence-electron chi connectivity index (χ1n) is 8.84. The lowest BCUT2D eigenvalue weighted by atomic mass is 9.85. The van der Waals surface area contributed by atoms with Gasteiger partial charge in [0.25, 0.3) is 0 Å². The number of carbonyl (C=O) groups excluding carboxylic acids is 2. The molecule has 1 aliphatic carbocycles. The van der Waals surface area contributed by atoms with Crippen molar-refractivity contribution in [3.8, 4) is 0 Å². The fourth-order valence-electron chi connectivity index (χ4n) is 4.77. The molecule has 2 aliphatic heterocycles. The molecule has 2 amide bonds. The fourth-order valence-corrected chi connectivity index (χ4v) is 4.77. The second-order valence-corrected chi connectivity index (χ2v) is 7.17. The number of nitrogens with zero attached hydrogens (tertiary/aromatic N) is 2. The van der Waals surface area contributed by atoms with Gasteiger partial charge in [0.2, 0.25) is 11.8 Å². The first-order valence-corrected chi connectivity index (χ1v) is 8.84. The van der Waals surface area contributed by atoms with Gasteiger partial charge in [-0.1, -0.05) is 26.2 Å². The van der Waals surface area contributed by atoms with E-state index in [-0.39, 0.29) is 17.9 Å². The average Bonchev–Trinajstić information content (AvgIpc) is 2.91. The maximum absolute atomic E-state index is 13.0. The number of hydrogen-bond donors (Lipinski definition) is 1. The zero-order valence-corrected chi connectivity index (χ0v) is 13.9. The minimum Gasteiger partial charge on any atom is -0.480 e. The van der Waals surface area contributed by atoms with Gasteiger partial charge in [-0.25, -0.2) is 4.79 Å². The highest BCUT2D eigenvalue weighted by molar-refractivity contribution is 5.99. The van der Waals surface area contributed by atoms with Crippen LogP contribution in [0.4, 0.5) is 0 Å². The lowest BCUT2D eigenvalue weighted by molar-refractivity contribution is -0.168. The largest absolute Gasteiger partial charge is 0.480 e. The van der Waals surface area contributed by atoms with Crippen molar-refractivity contribution in [1.82, 2.24) is 9.80 Å². The van der Waals surface area contributed by atoms with Gasteiger partial charge >= 0.3 is 5.97 Å². The molecule has 3 fully saturated rings. The average molecular weight is 322 g/mol. The Morgan fingerprint density at radius 2 is 1.96 bits per heavy atom. The molecule has 1 N–H and O–H groups in total. The number of carbonyl (C=O) groups is 3. The van der Waals surface area contributed by atoms with Crippen molar-refractivity contribution < 1.29 is 19.5 Å².